The third-order valence-corrected chi connectivity index (χ3v) is 5.97. The lowest BCUT2D eigenvalue weighted by atomic mass is 9.67. The van der Waals surface area contributed by atoms with Crippen LogP contribution in [0.25, 0.3) is 0 Å². The van der Waals surface area contributed by atoms with Gasteiger partial charge in [-0.05, 0) is 56.3 Å². The van der Waals surface area contributed by atoms with Crippen molar-refractivity contribution in [3.8, 4) is 0 Å². The Hall–Kier alpha value is -0.560. The minimum atomic E-state index is 0.678. The van der Waals surface area contributed by atoms with Gasteiger partial charge in [-0.15, -0.1) is 0 Å². The molecule has 0 saturated heterocycles. The van der Waals surface area contributed by atoms with E-state index in [9.17, 15) is 0 Å². The SMILES string of the molecule is CCC(CC(C)C)N(CC1CCC(C)C2=C1CC2)C1C=C1. The summed E-state index contributed by atoms with van der Waals surface area (Å²) in [6.45, 7) is 10.9. The van der Waals surface area contributed by atoms with Crippen LogP contribution in [0, 0.1) is 17.8 Å². The number of allylic oxidation sites excluding steroid dienone is 1. The fraction of sp³-hybridized carbons (Fsp3) is 0.800. The summed E-state index contributed by atoms with van der Waals surface area (Å²) in [5.41, 5.74) is 3.70. The Kier molecular flexibility index (Phi) is 4.59. The lowest BCUT2D eigenvalue weighted by Crippen LogP contribution is -2.43. The molecule has 0 aromatic rings. The Bertz CT molecular complexity index is 425. The Morgan fingerprint density at radius 2 is 1.86 bits per heavy atom. The molecular formula is C20H33N. The summed E-state index contributed by atoms with van der Waals surface area (Å²) in [6.07, 6.45) is 13.1. The standard InChI is InChI=1S/C20H33N/c1-5-17(12-14(2)3)21(18-8-9-18)13-16-7-6-15(4)19-10-11-20(16)19/h8-9,14-18H,5-7,10-13H2,1-4H3. The quantitative estimate of drug-likeness (QED) is 0.583. The zero-order valence-electron chi connectivity index (χ0n) is 14.4. The lowest BCUT2D eigenvalue weighted by Gasteiger charge is -2.43. The molecule has 1 nitrogen and oxygen atoms in total. The molecule has 0 amide bonds. The first-order chi connectivity index (χ1) is 10.1. The van der Waals surface area contributed by atoms with Crippen molar-refractivity contribution in [3.63, 3.8) is 0 Å². The predicted molar refractivity (Wildman–Crippen MR) is 91.3 cm³/mol. The summed E-state index contributed by atoms with van der Waals surface area (Å²) in [4.78, 5) is 2.82. The first-order valence-electron chi connectivity index (χ1n) is 9.26. The summed E-state index contributed by atoms with van der Waals surface area (Å²) in [5.74, 6) is 2.56. The highest BCUT2D eigenvalue weighted by molar-refractivity contribution is 5.32. The average molecular weight is 287 g/mol. The summed E-state index contributed by atoms with van der Waals surface area (Å²) >= 11 is 0. The molecule has 0 N–H and O–H groups in total. The lowest BCUT2D eigenvalue weighted by molar-refractivity contribution is 0.140. The third kappa shape index (κ3) is 3.28. The van der Waals surface area contributed by atoms with Crippen LogP contribution >= 0.6 is 0 Å². The van der Waals surface area contributed by atoms with Crippen molar-refractivity contribution in [1.82, 2.24) is 4.90 Å². The van der Waals surface area contributed by atoms with E-state index in [1.807, 2.05) is 11.1 Å². The summed E-state index contributed by atoms with van der Waals surface area (Å²) in [6, 6.07) is 1.45. The van der Waals surface area contributed by atoms with Crippen molar-refractivity contribution < 1.29 is 0 Å². The zero-order chi connectivity index (χ0) is 15.0. The van der Waals surface area contributed by atoms with Gasteiger partial charge in [0, 0.05) is 18.6 Å². The van der Waals surface area contributed by atoms with E-state index >= 15 is 0 Å². The fourth-order valence-corrected chi connectivity index (χ4v) is 4.56. The predicted octanol–water partition coefficient (Wildman–Crippen LogP) is 5.19. The highest BCUT2D eigenvalue weighted by atomic mass is 15.2. The average Bonchev–Trinajstić information content (AvgIpc) is 3.20. The molecule has 3 unspecified atom stereocenters. The molecule has 3 rings (SSSR count). The molecule has 0 aromatic carbocycles. The van der Waals surface area contributed by atoms with E-state index in [2.05, 4.69) is 44.7 Å². The molecule has 0 aliphatic heterocycles. The Labute approximate surface area is 131 Å². The molecule has 0 saturated carbocycles. The molecule has 3 atom stereocenters. The zero-order valence-corrected chi connectivity index (χ0v) is 14.4. The van der Waals surface area contributed by atoms with Crippen LogP contribution in [-0.2, 0) is 0 Å². The van der Waals surface area contributed by atoms with E-state index in [-0.39, 0.29) is 0 Å². The molecule has 1 heteroatoms. The van der Waals surface area contributed by atoms with Gasteiger partial charge >= 0.3 is 0 Å². The van der Waals surface area contributed by atoms with Crippen LogP contribution in [0.3, 0.4) is 0 Å². The van der Waals surface area contributed by atoms with Gasteiger partial charge in [-0.1, -0.05) is 51.0 Å². The fourth-order valence-electron chi connectivity index (χ4n) is 4.56. The number of hydrogen-bond donors (Lipinski definition) is 0. The van der Waals surface area contributed by atoms with Gasteiger partial charge in [0.2, 0.25) is 0 Å². The van der Waals surface area contributed by atoms with Crippen molar-refractivity contribution in [2.45, 2.75) is 78.3 Å². The Morgan fingerprint density at radius 1 is 1.14 bits per heavy atom. The van der Waals surface area contributed by atoms with Crippen molar-refractivity contribution in [2.24, 2.45) is 17.8 Å². The van der Waals surface area contributed by atoms with E-state index in [4.69, 9.17) is 0 Å². The first-order valence-corrected chi connectivity index (χ1v) is 9.26. The highest BCUT2D eigenvalue weighted by Gasteiger charge is 2.36. The van der Waals surface area contributed by atoms with Gasteiger partial charge in [0.15, 0.2) is 0 Å². The Morgan fingerprint density at radius 3 is 2.38 bits per heavy atom. The largest absolute Gasteiger partial charge is 0.290 e. The van der Waals surface area contributed by atoms with Crippen LogP contribution in [0.2, 0.25) is 0 Å². The third-order valence-electron chi connectivity index (χ3n) is 5.97. The van der Waals surface area contributed by atoms with E-state index in [0.29, 0.717) is 6.04 Å². The first kappa shape index (κ1) is 15.3. The van der Waals surface area contributed by atoms with E-state index in [1.165, 1.54) is 45.1 Å². The maximum atomic E-state index is 2.82. The second-order valence-electron chi connectivity index (χ2n) is 7.99. The van der Waals surface area contributed by atoms with Gasteiger partial charge in [0.25, 0.3) is 0 Å². The maximum Gasteiger partial charge on any atom is 0.0466 e. The molecule has 3 aliphatic rings. The molecule has 0 aromatic heterocycles. The van der Waals surface area contributed by atoms with Crippen LogP contribution < -0.4 is 0 Å². The monoisotopic (exact) mass is 287 g/mol. The Balaban J connectivity index is 1.68. The van der Waals surface area contributed by atoms with Crippen molar-refractivity contribution in [1.29, 1.82) is 0 Å². The van der Waals surface area contributed by atoms with E-state index in [1.54, 1.807) is 0 Å². The number of rotatable bonds is 7. The molecule has 3 aliphatic carbocycles. The molecule has 0 bridgehead atoms. The minimum Gasteiger partial charge on any atom is -0.290 e. The van der Waals surface area contributed by atoms with Gasteiger partial charge in [-0.2, -0.15) is 0 Å². The molecule has 0 heterocycles. The van der Waals surface area contributed by atoms with Crippen LogP contribution in [0.15, 0.2) is 23.3 Å². The van der Waals surface area contributed by atoms with Crippen LogP contribution in [-0.4, -0.2) is 23.5 Å². The second-order valence-corrected chi connectivity index (χ2v) is 7.99. The summed E-state index contributed by atoms with van der Waals surface area (Å²) < 4.78 is 0. The molecule has 21 heavy (non-hydrogen) atoms. The summed E-state index contributed by atoms with van der Waals surface area (Å²) in [5, 5.41) is 0. The second kappa shape index (κ2) is 6.28. The van der Waals surface area contributed by atoms with Crippen molar-refractivity contribution >= 4 is 0 Å². The van der Waals surface area contributed by atoms with Gasteiger partial charge in [-0.3, -0.25) is 4.90 Å². The van der Waals surface area contributed by atoms with E-state index < -0.39 is 0 Å². The molecular weight excluding hydrogens is 254 g/mol. The molecule has 0 radical (unpaired) electrons. The molecule has 118 valence electrons. The molecule has 0 fully saturated rings. The van der Waals surface area contributed by atoms with Crippen LogP contribution in [0.5, 0.6) is 0 Å². The normalized spacial score (nSPS) is 29.8. The van der Waals surface area contributed by atoms with E-state index in [0.717, 1.165) is 23.8 Å². The summed E-state index contributed by atoms with van der Waals surface area (Å²) in [7, 11) is 0. The van der Waals surface area contributed by atoms with Crippen molar-refractivity contribution in [3.05, 3.63) is 23.3 Å². The number of nitrogens with zero attached hydrogens (tertiary/aromatic N) is 1. The van der Waals surface area contributed by atoms with Gasteiger partial charge in [0.05, 0.1) is 0 Å². The van der Waals surface area contributed by atoms with Crippen LogP contribution in [0.1, 0.15) is 66.2 Å². The van der Waals surface area contributed by atoms with Gasteiger partial charge in [0.1, 0.15) is 0 Å². The van der Waals surface area contributed by atoms with Crippen LogP contribution in [0.4, 0.5) is 0 Å². The molecule has 0 spiro atoms. The number of hydrogen-bond acceptors (Lipinski definition) is 1. The van der Waals surface area contributed by atoms with Gasteiger partial charge in [-0.25, -0.2) is 0 Å². The van der Waals surface area contributed by atoms with Gasteiger partial charge < -0.3 is 0 Å². The highest BCUT2D eigenvalue weighted by Crippen LogP contribution is 2.46. The minimum absolute atomic E-state index is 0.678. The van der Waals surface area contributed by atoms with Crippen molar-refractivity contribution in [2.75, 3.05) is 6.54 Å². The topological polar surface area (TPSA) is 3.24 Å². The maximum absolute atomic E-state index is 2.82. The smallest absolute Gasteiger partial charge is 0.0466 e.